The van der Waals surface area contributed by atoms with E-state index in [-0.39, 0.29) is 41.9 Å². The first-order chi connectivity index (χ1) is 17.0. The van der Waals surface area contributed by atoms with Gasteiger partial charge in [0.25, 0.3) is 0 Å². The molecular weight excluding hydrogens is 482 g/mol. The summed E-state index contributed by atoms with van der Waals surface area (Å²) in [5.74, 6) is -1.47. The zero-order valence-electron chi connectivity index (χ0n) is 20.5. The molecule has 3 rings (SSSR count). The summed E-state index contributed by atoms with van der Waals surface area (Å²) >= 11 is 0. The number of urea groups is 1. The average Bonchev–Trinajstić information content (AvgIpc) is 3.27. The van der Waals surface area contributed by atoms with E-state index in [2.05, 4.69) is 4.72 Å². The molecule has 2 aromatic rings. The van der Waals surface area contributed by atoms with Crippen LogP contribution >= 0.6 is 0 Å². The minimum Gasteiger partial charge on any atom is -0.507 e. The number of carbonyl (C=O) groups excluding carboxylic acids is 2. The number of carbonyl (C=O) groups is 2. The number of phenolic OH excluding ortho intramolecular Hbond substituents is 1. The number of amides is 3. The molecule has 1 saturated heterocycles. The van der Waals surface area contributed by atoms with Gasteiger partial charge in [-0.1, -0.05) is 36.4 Å². The lowest BCUT2D eigenvalue weighted by Crippen LogP contribution is -2.55. The van der Waals surface area contributed by atoms with Crippen LogP contribution in [0.3, 0.4) is 0 Å². The number of rotatable bonds is 9. The normalized spacial score (nSPS) is 16.5. The lowest BCUT2D eigenvalue weighted by Gasteiger charge is -2.32. The third kappa shape index (κ3) is 6.61. The summed E-state index contributed by atoms with van der Waals surface area (Å²) < 4.78 is 27.4. The molecule has 2 aromatic carbocycles. The number of nitrogens with two attached hydrogens (primary N) is 1. The Bertz CT molecular complexity index is 1220. The van der Waals surface area contributed by atoms with Crippen LogP contribution in [0.4, 0.5) is 4.79 Å². The number of nitrogens with one attached hydrogen (secondary N) is 2. The number of amidine groups is 1. The van der Waals surface area contributed by atoms with E-state index >= 15 is 0 Å². The highest BCUT2D eigenvalue weighted by molar-refractivity contribution is 7.89. The van der Waals surface area contributed by atoms with E-state index < -0.39 is 28.0 Å². The molecule has 0 radical (unpaired) electrons. The molecule has 5 N–H and O–H groups in total. The number of imide groups is 1. The van der Waals surface area contributed by atoms with Gasteiger partial charge < -0.3 is 15.7 Å². The molecule has 10 nitrogen and oxygen atoms in total. The number of hydrogen-bond donors (Lipinski definition) is 4. The zero-order valence-corrected chi connectivity index (χ0v) is 21.3. The molecule has 0 spiro atoms. The van der Waals surface area contributed by atoms with Gasteiger partial charge in [0.1, 0.15) is 17.6 Å². The highest BCUT2D eigenvalue weighted by atomic mass is 32.2. The van der Waals surface area contributed by atoms with Crippen LogP contribution in [0.1, 0.15) is 43.4 Å². The van der Waals surface area contributed by atoms with Crippen molar-refractivity contribution in [1.29, 1.82) is 5.41 Å². The maximum Gasteiger partial charge on any atom is 0.327 e. The lowest BCUT2D eigenvalue weighted by atomic mass is 10.0. The minimum atomic E-state index is -3.77. The molecule has 0 saturated carbocycles. The Balaban J connectivity index is 1.99. The van der Waals surface area contributed by atoms with Crippen LogP contribution in [0.2, 0.25) is 0 Å². The third-order valence-electron chi connectivity index (χ3n) is 6.27. The van der Waals surface area contributed by atoms with Crippen LogP contribution in [0, 0.1) is 5.41 Å². The zero-order chi connectivity index (χ0) is 26.5. The van der Waals surface area contributed by atoms with Crippen molar-refractivity contribution in [2.75, 3.05) is 12.3 Å². The topological polar surface area (TPSA) is 157 Å². The fourth-order valence-electron chi connectivity index (χ4n) is 4.22. The van der Waals surface area contributed by atoms with Gasteiger partial charge in [0.05, 0.1) is 17.9 Å². The standard InChI is InChI=1S/C25H33N5O5S/c1-3-36(34,35)28-21(14-18-9-5-4-6-10-18)24(32)30(25(33)29-13-7-8-17(29)2)16-19-11-12-20(23(26)27)22(31)15-19/h4-6,9-12,15,17,21,28,31H,3,7-8,13-14,16H2,1-2H3,(H3,26,27)/t17-,21-/m1/s1. The van der Waals surface area contributed by atoms with Gasteiger partial charge in [-0.05, 0) is 56.4 Å². The van der Waals surface area contributed by atoms with Crippen molar-refractivity contribution in [3.8, 4) is 5.75 Å². The van der Waals surface area contributed by atoms with Gasteiger partial charge in [-0.3, -0.25) is 15.1 Å². The number of phenols is 1. The van der Waals surface area contributed by atoms with Crippen molar-refractivity contribution in [2.45, 2.75) is 51.7 Å². The van der Waals surface area contributed by atoms with Gasteiger partial charge in [-0.25, -0.2) is 17.9 Å². The molecule has 1 aliphatic heterocycles. The van der Waals surface area contributed by atoms with Crippen LogP contribution in [-0.2, 0) is 27.8 Å². The van der Waals surface area contributed by atoms with E-state index in [0.717, 1.165) is 23.3 Å². The molecular formula is C25H33N5O5S. The molecule has 1 fully saturated rings. The van der Waals surface area contributed by atoms with Crippen molar-refractivity contribution in [2.24, 2.45) is 5.73 Å². The van der Waals surface area contributed by atoms with E-state index in [4.69, 9.17) is 11.1 Å². The molecule has 2 atom stereocenters. The number of benzene rings is 2. The summed E-state index contributed by atoms with van der Waals surface area (Å²) in [6.45, 7) is 3.68. The molecule has 0 unspecified atom stereocenters. The van der Waals surface area contributed by atoms with Crippen molar-refractivity contribution >= 4 is 27.8 Å². The highest BCUT2D eigenvalue weighted by Gasteiger charge is 2.36. The van der Waals surface area contributed by atoms with Crippen LogP contribution in [0.25, 0.3) is 0 Å². The monoisotopic (exact) mass is 515 g/mol. The fourth-order valence-corrected chi connectivity index (χ4v) is 5.00. The van der Waals surface area contributed by atoms with Gasteiger partial charge >= 0.3 is 6.03 Å². The van der Waals surface area contributed by atoms with Crippen molar-refractivity contribution in [3.63, 3.8) is 0 Å². The predicted molar refractivity (Wildman–Crippen MR) is 137 cm³/mol. The maximum atomic E-state index is 13.8. The molecule has 1 aliphatic rings. The van der Waals surface area contributed by atoms with Gasteiger partial charge in [0.15, 0.2) is 0 Å². The smallest absolute Gasteiger partial charge is 0.327 e. The maximum absolute atomic E-state index is 13.8. The summed E-state index contributed by atoms with van der Waals surface area (Å²) in [4.78, 5) is 30.1. The first-order valence-corrected chi connectivity index (χ1v) is 13.5. The molecule has 3 amide bonds. The van der Waals surface area contributed by atoms with Crippen LogP contribution in [0.15, 0.2) is 48.5 Å². The summed E-state index contributed by atoms with van der Waals surface area (Å²) in [7, 11) is -3.77. The Kier molecular flexibility index (Phi) is 8.70. The molecule has 1 heterocycles. The number of nitrogen functional groups attached to an aromatic ring is 1. The number of aromatic hydroxyl groups is 1. The second-order valence-corrected chi connectivity index (χ2v) is 11.0. The Labute approximate surface area is 211 Å². The number of likely N-dealkylation sites (tertiary alicyclic amines) is 1. The second kappa shape index (κ2) is 11.5. The highest BCUT2D eigenvalue weighted by Crippen LogP contribution is 2.23. The summed E-state index contributed by atoms with van der Waals surface area (Å²) in [5.41, 5.74) is 6.78. The summed E-state index contributed by atoms with van der Waals surface area (Å²) in [5, 5.41) is 17.8. The van der Waals surface area contributed by atoms with Gasteiger partial charge in [-0.2, -0.15) is 0 Å². The first kappa shape index (κ1) is 27.2. The van der Waals surface area contributed by atoms with Crippen molar-refractivity contribution in [3.05, 3.63) is 65.2 Å². The third-order valence-corrected chi connectivity index (χ3v) is 7.67. The van der Waals surface area contributed by atoms with Crippen LogP contribution in [0.5, 0.6) is 5.75 Å². The second-order valence-electron chi connectivity index (χ2n) is 8.92. The van der Waals surface area contributed by atoms with E-state index in [9.17, 15) is 23.1 Å². The Morgan fingerprint density at radius 1 is 1.22 bits per heavy atom. The largest absolute Gasteiger partial charge is 0.507 e. The first-order valence-electron chi connectivity index (χ1n) is 11.8. The van der Waals surface area contributed by atoms with E-state index in [1.165, 1.54) is 19.1 Å². The molecule has 0 aromatic heterocycles. The van der Waals surface area contributed by atoms with Crippen LogP contribution in [-0.4, -0.2) is 65.5 Å². The van der Waals surface area contributed by atoms with Gasteiger partial charge in [0, 0.05) is 12.6 Å². The SMILES string of the molecule is CCS(=O)(=O)N[C@H](Cc1ccccc1)C(=O)N(Cc1ccc(C(=N)N)c(O)c1)C(=O)N1CCC[C@H]1C. The molecule has 11 heteroatoms. The molecule has 0 bridgehead atoms. The van der Waals surface area contributed by atoms with Gasteiger partial charge in [0.2, 0.25) is 15.9 Å². The number of sulfonamides is 1. The Morgan fingerprint density at radius 2 is 1.92 bits per heavy atom. The van der Waals surface area contributed by atoms with Gasteiger partial charge in [-0.15, -0.1) is 0 Å². The Hall–Kier alpha value is -3.44. The van der Waals surface area contributed by atoms with Crippen LogP contribution < -0.4 is 10.5 Å². The summed E-state index contributed by atoms with van der Waals surface area (Å²) in [6.07, 6.45) is 1.67. The summed E-state index contributed by atoms with van der Waals surface area (Å²) in [6, 6.07) is 11.5. The molecule has 36 heavy (non-hydrogen) atoms. The van der Waals surface area contributed by atoms with Crippen molar-refractivity contribution in [1.82, 2.24) is 14.5 Å². The van der Waals surface area contributed by atoms with E-state index in [0.29, 0.717) is 12.1 Å². The fraction of sp³-hybridized carbons (Fsp3) is 0.400. The quantitative estimate of drug-likeness (QED) is 0.296. The Morgan fingerprint density at radius 3 is 2.47 bits per heavy atom. The average molecular weight is 516 g/mol. The number of hydrogen-bond acceptors (Lipinski definition) is 6. The number of nitrogens with zero attached hydrogens (tertiary/aromatic N) is 2. The van der Waals surface area contributed by atoms with Crippen molar-refractivity contribution < 1.29 is 23.1 Å². The lowest BCUT2D eigenvalue weighted by molar-refractivity contribution is -0.131. The predicted octanol–water partition coefficient (Wildman–Crippen LogP) is 2.16. The minimum absolute atomic E-state index is 0.0623. The van der Waals surface area contributed by atoms with E-state index in [1.807, 2.05) is 13.0 Å². The molecule has 0 aliphatic carbocycles. The molecule has 194 valence electrons. The van der Waals surface area contributed by atoms with E-state index in [1.54, 1.807) is 35.2 Å².